The van der Waals surface area contributed by atoms with Gasteiger partial charge >= 0.3 is 6.09 Å². The van der Waals surface area contributed by atoms with E-state index in [0.29, 0.717) is 10.2 Å². The van der Waals surface area contributed by atoms with Gasteiger partial charge in [-0.2, -0.15) is 0 Å². The molecule has 0 aromatic rings. The lowest BCUT2D eigenvalue weighted by atomic mass is 10.2. The molecule has 0 saturated heterocycles. The average molecular weight is 369 g/mol. The standard InChI is InChI=1S/C13H24INO3/c1-9(17-12(2,3)4)10(8-14)15-11(16)18-13(5,6)7/h10H,1,8H2,2-7H3,(H,15,16)/t10-/m0/s1. The third-order valence-corrected chi connectivity index (χ3v) is 2.55. The lowest BCUT2D eigenvalue weighted by molar-refractivity contribution is 0.0321. The second-order valence-corrected chi connectivity index (χ2v) is 6.91. The minimum atomic E-state index is -0.508. The van der Waals surface area contributed by atoms with Crippen molar-refractivity contribution >= 4 is 28.7 Å². The summed E-state index contributed by atoms with van der Waals surface area (Å²) in [7, 11) is 0. The Kier molecular flexibility index (Phi) is 6.46. The van der Waals surface area contributed by atoms with E-state index in [1.54, 1.807) is 0 Å². The Morgan fingerprint density at radius 3 is 1.94 bits per heavy atom. The van der Waals surface area contributed by atoms with Gasteiger partial charge in [-0.05, 0) is 41.5 Å². The van der Waals surface area contributed by atoms with Crippen molar-refractivity contribution in [1.29, 1.82) is 0 Å². The van der Waals surface area contributed by atoms with E-state index in [2.05, 4.69) is 34.5 Å². The van der Waals surface area contributed by atoms with Gasteiger partial charge in [0.15, 0.2) is 0 Å². The van der Waals surface area contributed by atoms with Crippen LogP contribution in [0.1, 0.15) is 41.5 Å². The summed E-state index contributed by atoms with van der Waals surface area (Å²) in [5.41, 5.74) is -0.830. The van der Waals surface area contributed by atoms with Crippen molar-refractivity contribution in [3.63, 3.8) is 0 Å². The molecule has 0 aliphatic carbocycles. The van der Waals surface area contributed by atoms with Crippen LogP contribution in [0.2, 0.25) is 0 Å². The van der Waals surface area contributed by atoms with E-state index < -0.39 is 11.7 Å². The topological polar surface area (TPSA) is 47.6 Å². The summed E-state index contributed by atoms with van der Waals surface area (Å²) in [5, 5.41) is 2.75. The largest absolute Gasteiger partial charge is 0.491 e. The lowest BCUT2D eigenvalue weighted by Gasteiger charge is -2.28. The minimum Gasteiger partial charge on any atom is -0.491 e. The summed E-state index contributed by atoms with van der Waals surface area (Å²) < 4.78 is 11.5. The molecule has 0 radical (unpaired) electrons. The van der Waals surface area contributed by atoms with Gasteiger partial charge < -0.3 is 14.8 Å². The van der Waals surface area contributed by atoms with E-state index in [-0.39, 0.29) is 11.6 Å². The van der Waals surface area contributed by atoms with Crippen molar-refractivity contribution in [3.05, 3.63) is 12.3 Å². The van der Waals surface area contributed by atoms with Gasteiger partial charge in [0.05, 0.1) is 6.04 Å². The molecule has 0 rings (SSSR count). The molecule has 1 N–H and O–H groups in total. The maximum absolute atomic E-state index is 11.7. The average Bonchev–Trinajstić information content (AvgIpc) is 2.07. The Labute approximate surface area is 124 Å². The Balaban J connectivity index is 4.44. The summed E-state index contributed by atoms with van der Waals surface area (Å²) in [6, 6.07) is -0.250. The van der Waals surface area contributed by atoms with Crippen molar-refractivity contribution in [2.45, 2.75) is 58.8 Å². The smallest absolute Gasteiger partial charge is 0.408 e. The number of carbonyl (C=O) groups is 1. The molecule has 0 aromatic heterocycles. The summed E-state index contributed by atoms with van der Waals surface area (Å²) >= 11 is 2.18. The molecule has 1 amide bonds. The summed E-state index contributed by atoms with van der Waals surface area (Å²) in [5.74, 6) is 0.544. The van der Waals surface area contributed by atoms with Crippen molar-refractivity contribution in [2.75, 3.05) is 4.43 Å². The molecular formula is C13H24INO3. The van der Waals surface area contributed by atoms with Gasteiger partial charge in [0.1, 0.15) is 17.0 Å². The number of carbonyl (C=O) groups excluding carboxylic acids is 1. The highest BCUT2D eigenvalue weighted by Crippen LogP contribution is 2.16. The van der Waals surface area contributed by atoms with E-state index >= 15 is 0 Å². The van der Waals surface area contributed by atoms with E-state index in [1.807, 2.05) is 41.5 Å². The molecule has 18 heavy (non-hydrogen) atoms. The van der Waals surface area contributed by atoms with Crippen molar-refractivity contribution in [3.8, 4) is 0 Å². The fraction of sp³-hybridized carbons (Fsp3) is 0.769. The van der Waals surface area contributed by atoms with Gasteiger partial charge in [0.25, 0.3) is 0 Å². The van der Waals surface area contributed by atoms with Gasteiger partial charge in [0.2, 0.25) is 0 Å². The second kappa shape index (κ2) is 6.63. The van der Waals surface area contributed by atoms with Crippen LogP contribution in [0.25, 0.3) is 0 Å². The predicted octanol–water partition coefficient (Wildman–Crippen LogP) is 3.64. The van der Waals surface area contributed by atoms with Crippen LogP contribution in [0.5, 0.6) is 0 Å². The maximum atomic E-state index is 11.7. The maximum Gasteiger partial charge on any atom is 0.408 e. The lowest BCUT2D eigenvalue weighted by Crippen LogP contribution is -2.42. The zero-order valence-electron chi connectivity index (χ0n) is 12.1. The SMILES string of the molecule is C=C(OC(C)(C)C)[C@H](CI)NC(=O)OC(C)(C)C. The van der Waals surface area contributed by atoms with Crippen molar-refractivity contribution < 1.29 is 14.3 Å². The van der Waals surface area contributed by atoms with Crippen LogP contribution >= 0.6 is 22.6 Å². The number of alkyl halides is 1. The molecule has 0 aliphatic heterocycles. The van der Waals surface area contributed by atoms with E-state index in [1.165, 1.54) is 0 Å². The molecule has 0 aliphatic rings. The summed E-state index contributed by atoms with van der Waals surface area (Å²) in [6.07, 6.45) is -0.456. The number of hydrogen-bond donors (Lipinski definition) is 1. The molecule has 0 aromatic carbocycles. The first kappa shape index (κ1) is 17.5. The molecule has 0 unspecified atom stereocenters. The fourth-order valence-electron chi connectivity index (χ4n) is 1.12. The Morgan fingerprint density at radius 2 is 1.61 bits per heavy atom. The van der Waals surface area contributed by atoms with Crippen LogP contribution in [0, 0.1) is 0 Å². The first-order chi connectivity index (χ1) is 7.94. The van der Waals surface area contributed by atoms with E-state index in [9.17, 15) is 4.79 Å². The quantitative estimate of drug-likeness (QED) is 0.468. The van der Waals surface area contributed by atoms with Gasteiger partial charge in [-0.15, -0.1) is 0 Å². The molecule has 0 saturated carbocycles. The number of amides is 1. The number of nitrogens with one attached hydrogen (secondary N) is 1. The number of rotatable bonds is 4. The van der Waals surface area contributed by atoms with E-state index in [0.717, 1.165) is 0 Å². The van der Waals surface area contributed by atoms with E-state index in [4.69, 9.17) is 9.47 Å². The molecular weight excluding hydrogens is 345 g/mol. The Bertz CT molecular complexity index is 302. The van der Waals surface area contributed by atoms with Crippen molar-refractivity contribution in [2.24, 2.45) is 0 Å². The number of alkyl carbamates (subject to hydrolysis) is 1. The molecule has 0 bridgehead atoms. The number of ether oxygens (including phenoxy) is 2. The minimum absolute atomic E-state index is 0.250. The zero-order chi connectivity index (χ0) is 14.6. The molecule has 0 heterocycles. The second-order valence-electron chi connectivity index (χ2n) is 6.03. The van der Waals surface area contributed by atoms with Crippen LogP contribution in [-0.2, 0) is 9.47 Å². The molecule has 0 fully saturated rings. The summed E-state index contributed by atoms with van der Waals surface area (Å²) in [6.45, 7) is 15.2. The highest BCUT2D eigenvalue weighted by atomic mass is 127. The zero-order valence-corrected chi connectivity index (χ0v) is 14.3. The Morgan fingerprint density at radius 1 is 1.17 bits per heavy atom. The van der Waals surface area contributed by atoms with Gasteiger partial charge in [-0.3, -0.25) is 0 Å². The fourth-order valence-corrected chi connectivity index (χ4v) is 1.83. The molecule has 0 spiro atoms. The summed E-state index contributed by atoms with van der Waals surface area (Å²) in [4.78, 5) is 11.7. The van der Waals surface area contributed by atoms with Crippen LogP contribution in [0.3, 0.4) is 0 Å². The van der Waals surface area contributed by atoms with Crippen LogP contribution in [0.15, 0.2) is 12.3 Å². The first-order valence-electron chi connectivity index (χ1n) is 5.88. The highest BCUT2D eigenvalue weighted by molar-refractivity contribution is 14.1. The first-order valence-corrected chi connectivity index (χ1v) is 7.40. The van der Waals surface area contributed by atoms with Crippen molar-refractivity contribution in [1.82, 2.24) is 5.32 Å². The molecule has 1 atom stereocenters. The normalized spacial score (nSPS) is 13.7. The van der Waals surface area contributed by atoms with Gasteiger partial charge in [-0.25, -0.2) is 4.79 Å². The third kappa shape index (κ3) is 8.60. The Hall–Kier alpha value is -0.460. The number of halogens is 1. The molecule has 5 heteroatoms. The van der Waals surface area contributed by atoms with Gasteiger partial charge in [-0.1, -0.05) is 29.2 Å². The van der Waals surface area contributed by atoms with Crippen LogP contribution in [0.4, 0.5) is 4.79 Å². The predicted molar refractivity (Wildman–Crippen MR) is 82.0 cm³/mol. The molecule has 4 nitrogen and oxygen atoms in total. The van der Waals surface area contributed by atoms with Crippen LogP contribution in [-0.4, -0.2) is 27.8 Å². The monoisotopic (exact) mass is 369 g/mol. The molecule has 106 valence electrons. The third-order valence-electron chi connectivity index (χ3n) is 1.67. The highest BCUT2D eigenvalue weighted by Gasteiger charge is 2.23. The van der Waals surface area contributed by atoms with Gasteiger partial charge in [0, 0.05) is 4.43 Å². The van der Waals surface area contributed by atoms with Crippen LogP contribution < -0.4 is 5.32 Å². The number of hydrogen-bond acceptors (Lipinski definition) is 3.